The molecule has 76 valence electrons. The van der Waals surface area contributed by atoms with Crippen molar-refractivity contribution in [2.45, 2.75) is 18.6 Å². The first-order chi connectivity index (χ1) is 4.20. The highest BCUT2D eigenvalue weighted by molar-refractivity contribution is 7.59. The predicted octanol–water partition coefficient (Wildman–Crippen LogP) is -0.181. The molecule has 0 unspecified atom stereocenters. The van der Waals surface area contributed by atoms with Gasteiger partial charge in [0.15, 0.2) is 0 Å². The molecule has 1 aliphatic heterocycles. The van der Waals surface area contributed by atoms with Crippen molar-refractivity contribution in [1.29, 1.82) is 0 Å². The van der Waals surface area contributed by atoms with E-state index in [1.54, 1.807) is 0 Å². The van der Waals surface area contributed by atoms with Crippen molar-refractivity contribution in [3.05, 3.63) is 0 Å². The lowest BCUT2D eigenvalue weighted by molar-refractivity contribution is -0.119. The normalized spacial score (nSPS) is 26.1. The lowest BCUT2D eigenvalue weighted by Gasteiger charge is -2.00. The van der Waals surface area contributed by atoms with Crippen molar-refractivity contribution in [1.82, 2.24) is 5.32 Å². The van der Waals surface area contributed by atoms with Crippen molar-refractivity contribution < 1.29 is 9.18 Å². The fourth-order valence-corrected chi connectivity index (χ4v) is 0.909. The molecule has 1 fully saturated rings. The summed E-state index contributed by atoms with van der Waals surface area (Å²) in [7, 11) is 0. The fraction of sp³-hybridized carbons (Fsp3) is 0.800. The number of carbonyl (C=O) groups is 1. The van der Waals surface area contributed by atoms with Crippen LogP contribution in [0.3, 0.4) is 0 Å². The average Bonchev–Trinajstić information content (AvgIpc) is 2.14. The summed E-state index contributed by atoms with van der Waals surface area (Å²) in [5.74, 6) is -0.463. The molecule has 7 heteroatoms. The molecule has 0 spiro atoms. The van der Waals surface area contributed by atoms with Crippen molar-refractivity contribution in [3.8, 4) is 0 Å². The third-order valence-corrected chi connectivity index (χ3v) is 1.42. The van der Waals surface area contributed by atoms with E-state index < -0.39 is 18.1 Å². The van der Waals surface area contributed by atoms with Crippen LogP contribution in [-0.2, 0) is 4.79 Å². The molecule has 1 saturated heterocycles. The van der Waals surface area contributed by atoms with Crippen LogP contribution in [0, 0.1) is 0 Å². The first-order valence-corrected chi connectivity index (χ1v) is 2.87. The summed E-state index contributed by atoms with van der Waals surface area (Å²) in [5.41, 5.74) is 4.89. The van der Waals surface area contributed by atoms with Crippen LogP contribution in [0.25, 0.3) is 0 Å². The lowest BCUT2D eigenvalue weighted by atomic mass is 10.2. The van der Waals surface area contributed by atoms with Gasteiger partial charge in [-0.3, -0.25) is 4.79 Å². The number of primary amides is 1. The van der Waals surface area contributed by atoms with Gasteiger partial charge in [-0.2, -0.15) is 27.0 Å². The summed E-state index contributed by atoms with van der Waals surface area (Å²) in [5, 5.41) is 2.66. The van der Waals surface area contributed by atoms with Crippen LogP contribution in [0.5, 0.6) is 0 Å². The van der Waals surface area contributed by atoms with Gasteiger partial charge in [0.2, 0.25) is 5.91 Å². The second kappa shape index (κ2) is 7.97. The summed E-state index contributed by atoms with van der Waals surface area (Å²) in [4.78, 5) is 10.3. The smallest absolute Gasteiger partial charge is 0.234 e. The Kier molecular flexibility index (Phi) is 12.1. The Balaban J connectivity index is -0.000000270. The zero-order chi connectivity index (χ0) is 6.85. The number of nitrogens with two attached hydrogens (primary N) is 1. The van der Waals surface area contributed by atoms with Gasteiger partial charge in [-0.15, -0.1) is 12.4 Å². The van der Waals surface area contributed by atoms with E-state index in [9.17, 15) is 9.18 Å². The SMILES string of the molecule is Cl.NC(=O)[C@@H]1C[C@H](F)CN1.S.S. The highest BCUT2D eigenvalue weighted by atomic mass is 35.5. The van der Waals surface area contributed by atoms with E-state index in [4.69, 9.17) is 5.73 Å². The fourth-order valence-electron chi connectivity index (χ4n) is 0.909. The number of nitrogens with one attached hydrogen (secondary N) is 1. The zero-order valence-corrected chi connectivity index (χ0v) is 9.16. The molecule has 0 aromatic rings. The minimum Gasteiger partial charge on any atom is -0.368 e. The second-order valence-corrected chi connectivity index (χ2v) is 2.20. The molecule has 12 heavy (non-hydrogen) atoms. The van der Waals surface area contributed by atoms with Gasteiger partial charge in [0.05, 0.1) is 6.04 Å². The van der Waals surface area contributed by atoms with Crippen LogP contribution in [0.1, 0.15) is 6.42 Å². The highest BCUT2D eigenvalue weighted by Crippen LogP contribution is 2.08. The Labute approximate surface area is 90.9 Å². The number of amides is 1. The Morgan fingerprint density at radius 1 is 1.50 bits per heavy atom. The monoisotopic (exact) mass is 236 g/mol. The van der Waals surface area contributed by atoms with Gasteiger partial charge < -0.3 is 11.1 Å². The molecule has 1 heterocycles. The van der Waals surface area contributed by atoms with E-state index in [1.165, 1.54) is 0 Å². The summed E-state index contributed by atoms with van der Waals surface area (Å²) < 4.78 is 12.3. The predicted molar refractivity (Wildman–Crippen MR) is 58.5 cm³/mol. The number of hydrogen-bond acceptors (Lipinski definition) is 2. The molecule has 1 aliphatic rings. The van der Waals surface area contributed by atoms with Crippen LogP contribution in [0.2, 0.25) is 0 Å². The number of carbonyl (C=O) groups excluding carboxylic acids is 1. The Hall–Kier alpha value is 0.350. The van der Waals surface area contributed by atoms with Crippen molar-refractivity contribution in [2.75, 3.05) is 6.54 Å². The summed E-state index contributed by atoms with van der Waals surface area (Å²) in [6.07, 6.45) is -0.669. The Bertz CT molecular complexity index is 141. The molecule has 0 aromatic heterocycles. The third-order valence-electron chi connectivity index (χ3n) is 1.42. The quantitative estimate of drug-likeness (QED) is 0.664. The molecule has 2 atom stereocenters. The van der Waals surface area contributed by atoms with E-state index >= 15 is 0 Å². The van der Waals surface area contributed by atoms with Crippen molar-refractivity contribution in [3.63, 3.8) is 0 Å². The largest absolute Gasteiger partial charge is 0.368 e. The van der Waals surface area contributed by atoms with E-state index in [1.807, 2.05) is 0 Å². The number of alkyl halides is 1. The van der Waals surface area contributed by atoms with Crippen LogP contribution in [0.4, 0.5) is 4.39 Å². The molecule has 1 rings (SSSR count). The van der Waals surface area contributed by atoms with E-state index in [-0.39, 0.29) is 52.4 Å². The van der Waals surface area contributed by atoms with Gasteiger partial charge in [-0.1, -0.05) is 0 Å². The summed E-state index contributed by atoms with van der Waals surface area (Å²) in [6.45, 7) is 0.258. The van der Waals surface area contributed by atoms with Crippen LogP contribution >= 0.6 is 39.4 Å². The average molecular weight is 237 g/mol. The zero-order valence-electron chi connectivity index (χ0n) is 6.34. The molecule has 0 aliphatic carbocycles. The molecular formula is C5H14ClFN2OS2. The van der Waals surface area contributed by atoms with Gasteiger partial charge in [0, 0.05) is 13.0 Å². The van der Waals surface area contributed by atoms with Crippen molar-refractivity contribution in [2.24, 2.45) is 5.73 Å². The summed E-state index contributed by atoms with van der Waals surface area (Å²) >= 11 is 0. The topological polar surface area (TPSA) is 55.1 Å². The molecule has 0 saturated carbocycles. The maximum absolute atomic E-state index is 12.3. The van der Waals surface area contributed by atoms with Gasteiger partial charge in [-0.05, 0) is 0 Å². The lowest BCUT2D eigenvalue weighted by Crippen LogP contribution is -2.36. The molecule has 0 radical (unpaired) electrons. The minimum atomic E-state index is -0.900. The molecular weight excluding hydrogens is 223 g/mol. The molecule has 3 nitrogen and oxygen atoms in total. The number of hydrogen-bond donors (Lipinski definition) is 2. The Morgan fingerprint density at radius 3 is 2.17 bits per heavy atom. The minimum absolute atomic E-state index is 0. The first-order valence-electron chi connectivity index (χ1n) is 2.87. The molecule has 3 N–H and O–H groups in total. The van der Waals surface area contributed by atoms with E-state index in [2.05, 4.69) is 5.32 Å². The van der Waals surface area contributed by atoms with Crippen LogP contribution in [0.15, 0.2) is 0 Å². The second-order valence-electron chi connectivity index (χ2n) is 2.20. The van der Waals surface area contributed by atoms with Gasteiger partial charge in [-0.25, -0.2) is 4.39 Å². The maximum atomic E-state index is 12.3. The third kappa shape index (κ3) is 5.08. The van der Waals surface area contributed by atoms with Crippen molar-refractivity contribution >= 4 is 45.3 Å². The van der Waals surface area contributed by atoms with E-state index in [0.717, 1.165) is 0 Å². The first kappa shape index (κ1) is 18.2. The van der Waals surface area contributed by atoms with Crippen LogP contribution in [-0.4, -0.2) is 24.7 Å². The maximum Gasteiger partial charge on any atom is 0.234 e. The number of rotatable bonds is 1. The number of halogens is 2. The van der Waals surface area contributed by atoms with Crippen LogP contribution < -0.4 is 11.1 Å². The molecule has 0 aromatic carbocycles. The molecule has 1 amide bonds. The van der Waals surface area contributed by atoms with Gasteiger partial charge in [0.1, 0.15) is 6.17 Å². The van der Waals surface area contributed by atoms with E-state index in [0.29, 0.717) is 0 Å². The van der Waals surface area contributed by atoms with Gasteiger partial charge in [0.25, 0.3) is 0 Å². The van der Waals surface area contributed by atoms with Gasteiger partial charge >= 0.3 is 0 Å². The highest BCUT2D eigenvalue weighted by Gasteiger charge is 2.26. The summed E-state index contributed by atoms with van der Waals surface area (Å²) in [6, 6.07) is -0.444. The standard InChI is InChI=1S/C5H9FN2O.ClH.2H2S/c6-3-1-4(5(7)9)8-2-3;;;/h3-4,8H,1-2H2,(H2,7,9);1H;2*1H2/t3-,4-;;;/m0.../s1. The molecule has 0 bridgehead atoms. The Morgan fingerprint density at radius 2 is 2.00 bits per heavy atom.